The van der Waals surface area contributed by atoms with Crippen molar-refractivity contribution in [1.82, 2.24) is 0 Å². The number of rotatable bonds is 1. The van der Waals surface area contributed by atoms with Gasteiger partial charge in [-0.25, -0.2) is 0 Å². The van der Waals surface area contributed by atoms with E-state index in [2.05, 4.69) is 22.0 Å². The molecule has 96 valence electrons. The third-order valence-electron chi connectivity index (χ3n) is 3.04. The van der Waals surface area contributed by atoms with E-state index >= 15 is 0 Å². The van der Waals surface area contributed by atoms with Crippen molar-refractivity contribution in [1.29, 1.82) is 5.26 Å². The molecular weight excluding hydrogens is 311 g/mol. The van der Waals surface area contributed by atoms with Crippen molar-refractivity contribution >= 4 is 15.9 Å². The number of alkyl halides is 3. The van der Waals surface area contributed by atoms with Gasteiger partial charge in [0.25, 0.3) is 0 Å². The molecule has 1 unspecified atom stereocenters. The molecule has 0 aromatic heterocycles. The van der Waals surface area contributed by atoms with Crippen LogP contribution < -0.4 is 0 Å². The van der Waals surface area contributed by atoms with Crippen molar-refractivity contribution < 1.29 is 17.9 Å². The second-order valence-electron chi connectivity index (χ2n) is 4.19. The number of benzene rings is 1. The van der Waals surface area contributed by atoms with Crippen LogP contribution in [0, 0.1) is 11.3 Å². The zero-order valence-electron chi connectivity index (χ0n) is 9.22. The summed E-state index contributed by atoms with van der Waals surface area (Å²) in [7, 11) is 0. The molecule has 1 aromatic carbocycles. The number of hydrogen-bond acceptors (Lipinski definition) is 2. The first-order valence-corrected chi connectivity index (χ1v) is 6.05. The fourth-order valence-corrected chi connectivity index (χ4v) is 2.62. The van der Waals surface area contributed by atoms with Crippen LogP contribution in [0.15, 0.2) is 22.7 Å². The molecule has 1 heterocycles. The third kappa shape index (κ3) is 2.25. The third-order valence-corrected chi connectivity index (χ3v) is 3.74. The van der Waals surface area contributed by atoms with Gasteiger partial charge in [-0.3, -0.25) is 0 Å². The Morgan fingerprint density at radius 2 is 2.11 bits per heavy atom. The first-order chi connectivity index (χ1) is 8.39. The molecule has 1 aliphatic rings. The molecular formula is C12H9BrF3NO. The molecule has 2 nitrogen and oxygen atoms in total. The Hall–Kier alpha value is -1.06. The molecule has 2 rings (SSSR count). The summed E-state index contributed by atoms with van der Waals surface area (Å²) >= 11 is 3.21. The normalized spacial score (nSPS) is 23.9. The molecule has 0 aliphatic carbocycles. The van der Waals surface area contributed by atoms with E-state index in [-0.39, 0.29) is 6.61 Å². The van der Waals surface area contributed by atoms with Gasteiger partial charge in [0.2, 0.25) is 0 Å². The van der Waals surface area contributed by atoms with Crippen LogP contribution in [-0.4, -0.2) is 13.2 Å². The van der Waals surface area contributed by atoms with Crippen LogP contribution in [0.25, 0.3) is 0 Å². The van der Waals surface area contributed by atoms with Crippen LogP contribution >= 0.6 is 15.9 Å². The van der Waals surface area contributed by atoms with E-state index in [0.29, 0.717) is 23.1 Å². The van der Waals surface area contributed by atoms with Gasteiger partial charge in [-0.1, -0.05) is 15.9 Å². The predicted octanol–water partition coefficient (Wildman–Crippen LogP) is 3.65. The highest BCUT2D eigenvalue weighted by Gasteiger charge is 2.40. The summed E-state index contributed by atoms with van der Waals surface area (Å²) in [4.78, 5) is 0. The van der Waals surface area contributed by atoms with E-state index in [1.54, 1.807) is 0 Å². The van der Waals surface area contributed by atoms with E-state index in [1.807, 2.05) is 0 Å². The fraction of sp³-hybridized carbons (Fsp3) is 0.417. The van der Waals surface area contributed by atoms with Gasteiger partial charge in [0, 0.05) is 11.1 Å². The van der Waals surface area contributed by atoms with Crippen molar-refractivity contribution in [3.63, 3.8) is 0 Å². The Bertz CT molecular complexity index is 501. The average Bonchev–Trinajstić information content (AvgIpc) is 2.77. The quantitative estimate of drug-likeness (QED) is 0.791. The maximum Gasteiger partial charge on any atom is 0.416 e. The Morgan fingerprint density at radius 3 is 2.61 bits per heavy atom. The Morgan fingerprint density at radius 1 is 1.39 bits per heavy atom. The molecule has 1 aliphatic heterocycles. The van der Waals surface area contributed by atoms with Gasteiger partial charge in [-0.15, -0.1) is 0 Å². The van der Waals surface area contributed by atoms with E-state index in [9.17, 15) is 18.4 Å². The number of ether oxygens (including phenoxy) is 1. The zero-order valence-corrected chi connectivity index (χ0v) is 10.8. The molecule has 1 aromatic rings. The Labute approximate surface area is 110 Å². The van der Waals surface area contributed by atoms with E-state index in [0.717, 1.165) is 12.1 Å². The highest BCUT2D eigenvalue weighted by atomic mass is 79.9. The summed E-state index contributed by atoms with van der Waals surface area (Å²) in [6.07, 6.45) is -4.00. The Kier molecular flexibility index (Phi) is 3.39. The van der Waals surface area contributed by atoms with Crippen LogP contribution in [0.2, 0.25) is 0 Å². The minimum atomic E-state index is -4.41. The topological polar surface area (TPSA) is 33.0 Å². The van der Waals surface area contributed by atoms with Crippen molar-refractivity contribution in [3.8, 4) is 6.07 Å². The minimum absolute atomic E-state index is 0.128. The smallest absolute Gasteiger partial charge is 0.379 e. The summed E-state index contributed by atoms with van der Waals surface area (Å²) < 4.78 is 43.7. The number of halogens is 4. The summed E-state index contributed by atoms with van der Waals surface area (Å²) in [6.45, 7) is 0.514. The highest BCUT2D eigenvalue weighted by molar-refractivity contribution is 9.10. The lowest BCUT2D eigenvalue weighted by molar-refractivity contribution is -0.137. The van der Waals surface area contributed by atoms with Crippen LogP contribution in [-0.2, 0) is 16.3 Å². The van der Waals surface area contributed by atoms with E-state index in [1.165, 1.54) is 6.07 Å². The van der Waals surface area contributed by atoms with Crippen molar-refractivity contribution in [3.05, 3.63) is 33.8 Å². The highest BCUT2D eigenvalue weighted by Crippen LogP contribution is 2.40. The molecule has 6 heteroatoms. The molecule has 0 radical (unpaired) electrons. The van der Waals surface area contributed by atoms with Crippen LogP contribution in [0.1, 0.15) is 17.5 Å². The van der Waals surface area contributed by atoms with Crippen LogP contribution in [0.5, 0.6) is 0 Å². The van der Waals surface area contributed by atoms with Crippen molar-refractivity contribution in [2.45, 2.75) is 18.0 Å². The van der Waals surface area contributed by atoms with Gasteiger partial charge < -0.3 is 4.74 Å². The van der Waals surface area contributed by atoms with Gasteiger partial charge in [-0.05, 0) is 30.2 Å². The summed E-state index contributed by atoms with van der Waals surface area (Å²) in [5, 5.41) is 9.26. The van der Waals surface area contributed by atoms with Gasteiger partial charge >= 0.3 is 6.18 Å². The van der Waals surface area contributed by atoms with Crippen LogP contribution in [0.4, 0.5) is 13.2 Å². The monoisotopic (exact) mass is 319 g/mol. The van der Waals surface area contributed by atoms with E-state index < -0.39 is 17.2 Å². The largest absolute Gasteiger partial charge is 0.416 e. The number of hydrogen-bond donors (Lipinski definition) is 0. The average molecular weight is 320 g/mol. The zero-order chi connectivity index (χ0) is 13.4. The van der Waals surface area contributed by atoms with Gasteiger partial charge in [0.05, 0.1) is 18.2 Å². The van der Waals surface area contributed by atoms with Gasteiger partial charge in [0.15, 0.2) is 0 Å². The first kappa shape index (κ1) is 13.4. The lowest BCUT2D eigenvalue weighted by Crippen LogP contribution is -2.25. The maximum atomic E-state index is 12.7. The summed E-state index contributed by atoms with van der Waals surface area (Å²) in [5.74, 6) is 0. The van der Waals surface area contributed by atoms with E-state index in [4.69, 9.17) is 4.74 Å². The van der Waals surface area contributed by atoms with Gasteiger partial charge in [0.1, 0.15) is 5.41 Å². The first-order valence-electron chi connectivity index (χ1n) is 5.25. The number of nitrogens with zero attached hydrogens (tertiary/aromatic N) is 1. The second-order valence-corrected chi connectivity index (χ2v) is 5.04. The number of nitriles is 1. The van der Waals surface area contributed by atoms with Crippen LogP contribution in [0.3, 0.4) is 0 Å². The Balaban J connectivity index is 2.54. The van der Waals surface area contributed by atoms with Crippen molar-refractivity contribution in [2.24, 2.45) is 0 Å². The molecule has 0 N–H and O–H groups in total. The maximum absolute atomic E-state index is 12.7. The minimum Gasteiger partial charge on any atom is -0.379 e. The SMILES string of the molecule is N#CC1(c2cc(C(F)(F)F)ccc2Br)CCOC1. The summed E-state index contributed by atoms with van der Waals surface area (Å²) in [6, 6.07) is 5.44. The molecule has 1 saturated heterocycles. The lowest BCUT2D eigenvalue weighted by atomic mass is 9.81. The molecule has 0 spiro atoms. The van der Waals surface area contributed by atoms with Crippen molar-refractivity contribution in [2.75, 3.05) is 13.2 Å². The molecule has 0 amide bonds. The molecule has 0 saturated carbocycles. The standard InChI is InChI=1S/C12H9BrF3NO/c13-10-2-1-8(12(14,15)16)5-9(10)11(6-17)3-4-18-7-11/h1-2,5H,3-4,7H2. The second kappa shape index (κ2) is 4.56. The molecule has 18 heavy (non-hydrogen) atoms. The molecule has 1 atom stereocenters. The fourth-order valence-electron chi connectivity index (χ4n) is 1.99. The molecule has 0 bridgehead atoms. The van der Waals surface area contributed by atoms with Gasteiger partial charge in [-0.2, -0.15) is 18.4 Å². The summed E-state index contributed by atoms with van der Waals surface area (Å²) in [5.41, 5.74) is -1.39. The molecule has 1 fully saturated rings. The predicted molar refractivity (Wildman–Crippen MR) is 61.9 cm³/mol. The lowest BCUT2D eigenvalue weighted by Gasteiger charge is -2.22.